The van der Waals surface area contributed by atoms with Crippen molar-refractivity contribution in [3.63, 3.8) is 0 Å². The summed E-state index contributed by atoms with van der Waals surface area (Å²) in [5.74, 6) is -1.44. The van der Waals surface area contributed by atoms with Crippen molar-refractivity contribution < 1.29 is 22.4 Å². The number of benzene rings is 4. The van der Waals surface area contributed by atoms with Gasteiger partial charge in [-0.3, -0.25) is 13.9 Å². The van der Waals surface area contributed by atoms with Crippen molar-refractivity contribution in [1.29, 1.82) is 0 Å². The second kappa shape index (κ2) is 15.3. The Morgan fingerprint density at radius 3 is 2.19 bits per heavy atom. The Kier molecular flexibility index (Phi) is 11.2. The summed E-state index contributed by atoms with van der Waals surface area (Å²) >= 11 is 12.9. The molecule has 0 spiro atoms. The van der Waals surface area contributed by atoms with E-state index in [1.807, 2.05) is 37.3 Å². The van der Waals surface area contributed by atoms with Gasteiger partial charge in [0, 0.05) is 19.0 Å². The number of aryl methyl sites for hydroxylation is 1. The van der Waals surface area contributed by atoms with Crippen LogP contribution in [0, 0.1) is 12.7 Å². The van der Waals surface area contributed by atoms with Crippen LogP contribution in [0.15, 0.2) is 102 Å². The fourth-order valence-corrected chi connectivity index (χ4v) is 7.62. The van der Waals surface area contributed by atoms with E-state index in [1.165, 1.54) is 41.3 Å². The van der Waals surface area contributed by atoms with E-state index in [-0.39, 0.29) is 45.5 Å². The second-order valence-electron chi connectivity index (χ2n) is 11.7. The molecule has 0 radical (unpaired) electrons. The van der Waals surface area contributed by atoms with Gasteiger partial charge in [-0.25, -0.2) is 12.8 Å². The number of nitrogens with one attached hydrogen (secondary N) is 1. The minimum Gasteiger partial charge on any atom is -0.352 e. The van der Waals surface area contributed by atoms with E-state index < -0.39 is 34.3 Å². The molecule has 1 saturated carbocycles. The van der Waals surface area contributed by atoms with Crippen molar-refractivity contribution in [2.24, 2.45) is 0 Å². The molecule has 0 aromatic heterocycles. The van der Waals surface area contributed by atoms with Gasteiger partial charge in [-0.15, -0.1) is 0 Å². The van der Waals surface area contributed by atoms with Crippen molar-refractivity contribution in [2.75, 3.05) is 10.8 Å². The molecule has 0 heterocycles. The van der Waals surface area contributed by atoms with Crippen LogP contribution in [-0.4, -0.2) is 43.8 Å². The monoisotopic (exact) mass is 695 g/mol. The first kappa shape index (κ1) is 34.4. The molecule has 5 rings (SSSR count). The van der Waals surface area contributed by atoms with Crippen LogP contribution in [0.2, 0.25) is 10.0 Å². The third kappa shape index (κ3) is 8.52. The van der Waals surface area contributed by atoms with Crippen molar-refractivity contribution in [1.82, 2.24) is 10.2 Å². The summed E-state index contributed by atoms with van der Waals surface area (Å²) in [6.07, 6.45) is 3.85. The van der Waals surface area contributed by atoms with Gasteiger partial charge in [0.15, 0.2) is 0 Å². The smallest absolute Gasteiger partial charge is 0.264 e. The van der Waals surface area contributed by atoms with Crippen LogP contribution in [0.1, 0.15) is 42.4 Å². The Bertz CT molecular complexity index is 1800. The van der Waals surface area contributed by atoms with Gasteiger partial charge in [0.2, 0.25) is 11.8 Å². The topological polar surface area (TPSA) is 86.8 Å². The van der Waals surface area contributed by atoms with Crippen LogP contribution in [0.5, 0.6) is 0 Å². The summed E-state index contributed by atoms with van der Waals surface area (Å²) in [4.78, 5) is 30.0. The zero-order valence-electron chi connectivity index (χ0n) is 25.9. The molecule has 0 unspecified atom stereocenters. The van der Waals surface area contributed by atoms with Gasteiger partial charge in [0.1, 0.15) is 18.4 Å². The molecule has 1 atom stereocenters. The van der Waals surface area contributed by atoms with Crippen LogP contribution >= 0.6 is 23.2 Å². The Labute approximate surface area is 285 Å². The highest BCUT2D eigenvalue weighted by Gasteiger charge is 2.36. The molecule has 1 aliphatic carbocycles. The number of halogens is 3. The zero-order chi connectivity index (χ0) is 33.6. The molecule has 4 aromatic rings. The van der Waals surface area contributed by atoms with Crippen molar-refractivity contribution in [2.45, 2.75) is 62.6 Å². The quantitative estimate of drug-likeness (QED) is 0.168. The van der Waals surface area contributed by atoms with E-state index in [2.05, 4.69) is 5.32 Å². The van der Waals surface area contributed by atoms with Gasteiger partial charge in [0.05, 0.1) is 20.6 Å². The normalized spacial score (nSPS) is 14.0. The third-order valence-electron chi connectivity index (χ3n) is 8.33. The Hall–Kier alpha value is -3.92. The molecular formula is C36H36Cl2FN3O4S. The number of sulfonamides is 1. The maximum absolute atomic E-state index is 14.6. The van der Waals surface area contributed by atoms with E-state index in [4.69, 9.17) is 23.2 Å². The summed E-state index contributed by atoms with van der Waals surface area (Å²) in [7, 11) is -4.35. The first-order valence-corrected chi connectivity index (χ1v) is 17.6. The Morgan fingerprint density at radius 1 is 0.872 bits per heavy atom. The Balaban J connectivity index is 1.58. The van der Waals surface area contributed by atoms with Crippen molar-refractivity contribution in [3.8, 4) is 0 Å². The largest absolute Gasteiger partial charge is 0.352 e. The highest BCUT2D eigenvalue weighted by atomic mass is 35.5. The number of hydrogen-bond acceptors (Lipinski definition) is 4. The molecule has 7 nitrogen and oxygen atoms in total. The zero-order valence-corrected chi connectivity index (χ0v) is 28.2. The maximum Gasteiger partial charge on any atom is 0.264 e. The number of hydrogen-bond donors (Lipinski definition) is 1. The van der Waals surface area contributed by atoms with Gasteiger partial charge in [-0.2, -0.15) is 0 Å². The number of anilines is 1. The van der Waals surface area contributed by atoms with Gasteiger partial charge in [-0.1, -0.05) is 102 Å². The molecular weight excluding hydrogens is 660 g/mol. The minimum absolute atomic E-state index is 0.0184. The van der Waals surface area contributed by atoms with Crippen LogP contribution < -0.4 is 9.62 Å². The lowest BCUT2D eigenvalue weighted by Gasteiger charge is -2.34. The van der Waals surface area contributed by atoms with Gasteiger partial charge < -0.3 is 10.2 Å². The first-order valence-electron chi connectivity index (χ1n) is 15.4. The number of nitrogens with zero attached hydrogens (tertiary/aromatic N) is 2. The highest BCUT2D eigenvalue weighted by Crippen LogP contribution is 2.36. The lowest BCUT2D eigenvalue weighted by molar-refractivity contribution is -0.140. The SMILES string of the molecule is Cc1ccc(S(=O)(=O)N(CC(=O)N(Cc2ccc(F)cc2)[C@H](Cc2ccccc2)C(=O)NC2CCCC2)c2cccc(Cl)c2Cl)cc1. The van der Waals surface area contributed by atoms with E-state index in [0.717, 1.165) is 41.1 Å². The average Bonchev–Trinajstić information content (AvgIpc) is 3.57. The molecule has 1 N–H and O–H groups in total. The summed E-state index contributed by atoms with van der Waals surface area (Å²) in [5.41, 5.74) is 2.26. The first-order chi connectivity index (χ1) is 22.5. The standard InChI is InChI=1S/C36H36Cl2FN3O4S/c1-25-14-20-30(21-15-25)47(45,46)42(32-13-7-12-31(37)35(32)38)24-34(43)41(23-27-16-18-28(39)19-17-27)33(22-26-8-3-2-4-9-26)36(44)40-29-10-5-6-11-29/h2-4,7-9,12-21,29,33H,5-6,10-11,22-24H2,1H3,(H,40,44)/t33-/m1/s1. The number of amides is 2. The Morgan fingerprint density at radius 2 is 1.53 bits per heavy atom. The van der Waals surface area contributed by atoms with E-state index in [1.54, 1.807) is 30.3 Å². The van der Waals surface area contributed by atoms with E-state index >= 15 is 0 Å². The predicted molar refractivity (Wildman–Crippen MR) is 183 cm³/mol. The number of carbonyl (C=O) groups is 2. The molecule has 0 saturated heterocycles. The lowest BCUT2D eigenvalue weighted by atomic mass is 10.0. The van der Waals surface area contributed by atoms with Gasteiger partial charge in [0.25, 0.3) is 10.0 Å². The summed E-state index contributed by atoms with van der Waals surface area (Å²) in [6.45, 7) is 1.08. The van der Waals surface area contributed by atoms with Crippen LogP contribution in [0.3, 0.4) is 0 Å². The number of carbonyl (C=O) groups excluding carboxylic acids is 2. The lowest BCUT2D eigenvalue weighted by Crippen LogP contribution is -2.54. The molecule has 4 aromatic carbocycles. The van der Waals surface area contributed by atoms with Crippen LogP contribution in [0.25, 0.3) is 0 Å². The second-order valence-corrected chi connectivity index (χ2v) is 14.4. The molecule has 47 heavy (non-hydrogen) atoms. The predicted octanol–water partition coefficient (Wildman–Crippen LogP) is 7.34. The molecule has 1 fully saturated rings. The maximum atomic E-state index is 14.6. The van der Waals surface area contributed by atoms with Crippen LogP contribution in [-0.2, 0) is 32.6 Å². The number of rotatable bonds is 12. The summed E-state index contributed by atoms with van der Waals surface area (Å²) in [5, 5.41) is 3.20. The van der Waals surface area contributed by atoms with E-state index in [0.29, 0.717) is 5.56 Å². The van der Waals surface area contributed by atoms with Gasteiger partial charge >= 0.3 is 0 Å². The highest BCUT2D eigenvalue weighted by molar-refractivity contribution is 7.92. The fraction of sp³-hybridized carbons (Fsp3) is 0.278. The van der Waals surface area contributed by atoms with E-state index in [9.17, 15) is 22.4 Å². The molecule has 246 valence electrons. The average molecular weight is 697 g/mol. The molecule has 0 aliphatic heterocycles. The van der Waals surface area contributed by atoms with Crippen LogP contribution in [0.4, 0.5) is 10.1 Å². The van der Waals surface area contributed by atoms with Gasteiger partial charge in [-0.05, 0) is 67.3 Å². The van der Waals surface area contributed by atoms with Crippen molar-refractivity contribution >= 4 is 50.7 Å². The third-order valence-corrected chi connectivity index (χ3v) is 10.9. The summed E-state index contributed by atoms with van der Waals surface area (Å²) in [6, 6.07) is 24.7. The molecule has 2 amide bonds. The molecule has 11 heteroatoms. The summed E-state index contributed by atoms with van der Waals surface area (Å²) < 4.78 is 43.3. The molecule has 1 aliphatic rings. The minimum atomic E-state index is -4.35. The fourth-order valence-electron chi connectivity index (χ4n) is 5.74. The molecule has 0 bridgehead atoms. The van der Waals surface area contributed by atoms with Crippen molar-refractivity contribution in [3.05, 3.63) is 130 Å².